The van der Waals surface area contributed by atoms with Gasteiger partial charge in [-0.25, -0.2) is 4.98 Å². The first-order chi connectivity index (χ1) is 11.7. The zero-order valence-corrected chi connectivity index (χ0v) is 14.2. The predicted molar refractivity (Wildman–Crippen MR) is 97.7 cm³/mol. The Bertz CT molecular complexity index is 787. The molecule has 0 saturated heterocycles. The normalized spacial score (nSPS) is 11.9. The van der Waals surface area contributed by atoms with E-state index >= 15 is 0 Å². The SMILES string of the molecule is C[C@H](NC(=O)CSc1ncc(-c2ccccc2)[nH]1)c1ccccc1. The number of rotatable bonds is 6. The molecule has 1 amide bonds. The van der Waals surface area contributed by atoms with Gasteiger partial charge < -0.3 is 10.3 Å². The summed E-state index contributed by atoms with van der Waals surface area (Å²) < 4.78 is 0. The number of thioether (sulfide) groups is 1. The summed E-state index contributed by atoms with van der Waals surface area (Å²) in [6, 6.07) is 19.9. The molecular weight excluding hydrogens is 318 g/mol. The molecular formula is C19H19N3OS. The van der Waals surface area contributed by atoms with Crippen LogP contribution < -0.4 is 5.32 Å². The summed E-state index contributed by atoms with van der Waals surface area (Å²) in [6.45, 7) is 1.98. The van der Waals surface area contributed by atoms with E-state index in [2.05, 4.69) is 15.3 Å². The van der Waals surface area contributed by atoms with Crippen LogP contribution in [0.1, 0.15) is 18.5 Å². The molecule has 0 aliphatic carbocycles. The second-order valence-electron chi connectivity index (χ2n) is 5.46. The van der Waals surface area contributed by atoms with Gasteiger partial charge in [0.25, 0.3) is 0 Å². The fourth-order valence-electron chi connectivity index (χ4n) is 2.38. The van der Waals surface area contributed by atoms with E-state index in [1.807, 2.05) is 67.6 Å². The summed E-state index contributed by atoms with van der Waals surface area (Å²) in [5, 5.41) is 3.75. The molecule has 3 aromatic rings. The molecule has 0 aliphatic rings. The first-order valence-corrected chi connectivity index (χ1v) is 8.78. The molecule has 1 heterocycles. The lowest BCUT2D eigenvalue weighted by Crippen LogP contribution is -2.28. The third-order valence-electron chi connectivity index (χ3n) is 3.65. The van der Waals surface area contributed by atoms with Crippen molar-refractivity contribution in [3.05, 3.63) is 72.4 Å². The van der Waals surface area contributed by atoms with Crippen LogP contribution >= 0.6 is 11.8 Å². The number of nitrogens with zero attached hydrogens (tertiary/aromatic N) is 1. The molecule has 122 valence electrons. The van der Waals surface area contributed by atoms with Crippen molar-refractivity contribution in [2.45, 2.75) is 18.1 Å². The van der Waals surface area contributed by atoms with E-state index in [0.29, 0.717) is 5.75 Å². The molecule has 1 atom stereocenters. The maximum atomic E-state index is 12.1. The molecule has 0 bridgehead atoms. The maximum Gasteiger partial charge on any atom is 0.230 e. The van der Waals surface area contributed by atoms with Crippen LogP contribution in [0.4, 0.5) is 0 Å². The van der Waals surface area contributed by atoms with Crippen molar-refractivity contribution in [2.24, 2.45) is 0 Å². The van der Waals surface area contributed by atoms with Gasteiger partial charge in [-0.2, -0.15) is 0 Å². The van der Waals surface area contributed by atoms with Gasteiger partial charge >= 0.3 is 0 Å². The fourth-order valence-corrected chi connectivity index (χ4v) is 3.04. The number of nitrogens with one attached hydrogen (secondary N) is 2. The number of imidazole rings is 1. The van der Waals surface area contributed by atoms with Crippen molar-refractivity contribution in [3.63, 3.8) is 0 Å². The van der Waals surface area contributed by atoms with Gasteiger partial charge in [0.05, 0.1) is 23.7 Å². The summed E-state index contributed by atoms with van der Waals surface area (Å²) >= 11 is 1.40. The van der Waals surface area contributed by atoms with Crippen LogP contribution in [-0.4, -0.2) is 21.6 Å². The summed E-state index contributed by atoms with van der Waals surface area (Å²) in [7, 11) is 0. The van der Waals surface area contributed by atoms with Crippen molar-refractivity contribution in [3.8, 4) is 11.3 Å². The van der Waals surface area contributed by atoms with E-state index in [1.54, 1.807) is 6.20 Å². The van der Waals surface area contributed by atoms with Gasteiger partial charge in [0.1, 0.15) is 0 Å². The molecule has 2 N–H and O–H groups in total. The van der Waals surface area contributed by atoms with E-state index in [4.69, 9.17) is 0 Å². The summed E-state index contributed by atoms with van der Waals surface area (Å²) in [6.07, 6.45) is 1.79. The topological polar surface area (TPSA) is 57.8 Å². The molecule has 0 saturated carbocycles. The highest BCUT2D eigenvalue weighted by atomic mass is 32.2. The average molecular weight is 337 g/mol. The Hall–Kier alpha value is -2.53. The smallest absolute Gasteiger partial charge is 0.230 e. The Kier molecular flexibility index (Phi) is 5.33. The van der Waals surface area contributed by atoms with Crippen molar-refractivity contribution in [1.82, 2.24) is 15.3 Å². The van der Waals surface area contributed by atoms with Crippen molar-refractivity contribution in [2.75, 3.05) is 5.75 Å². The van der Waals surface area contributed by atoms with E-state index in [9.17, 15) is 4.79 Å². The molecule has 1 aromatic heterocycles. The Morgan fingerprint density at radius 2 is 1.79 bits per heavy atom. The molecule has 24 heavy (non-hydrogen) atoms. The molecule has 0 radical (unpaired) electrons. The van der Waals surface area contributed by atoms with Crippen LogP contribution in [0.25, 0.3) is 11.3 Å². The Labute approximate surface area is 145 Å². The van der Waals surface area contributed by atoms with Crippen LogP contribution in [0, 0.1) is 0 Å². The van der Waals surface area contributed by atoms with Gasteiger partial charge in [-0.1, -0.05) is 72.4 Å². The zero-order valence-electron chi connectivity index (χ0n) is 13.4. The van der Waals surface area contributed by atoms with Crippen LogP contribution in [0.3, 0.4) is 0 Å². The van der Waals surface area contributed by atoms with Gasteiger partial charge in [-0.15, -0.1) is 0 Å². The van der Waals surface area contributed by atoms with Gasteiger partial charge in [0.15, 0.2) is 5.16 Å². The molecule has 0 aliphatic heterocycles. The number of H-pyrrole nitrogens is 1. The first kappa shape index (κ1) is 16.3. The molecule has 2 aromatic carbocycles. The average Bonchev–Trinajstić information content (AvgIpc) is 3.10. The summed E-state index contributed by atoms with van der Waals surface area (Å²) in [5.41, 5.74) is 3.13. The van der Waals surface area contributed by atoms with Gasteiger partial charge in [0, 0.05) is 0 Å². The Balaban J connectivity index is 1.53. The molecule has 5 heteroatoms. The second-order valence-corrected chi connectivity index (χ2v) is 6.42. The minimum Gasteiger partial charge on any atom is -0.349 e. The lowest BCUT2D eigenvalue weighted by molar-refractivity contribution is -0.119. The molecule has 0 fully saturated rings. The van der Waals surface area contributed by atoms with E-state index in [1.165, 1.54) is 11.8 Å². The predicted octanol–water partition coefficient (Wildman–Crippen LogP) is 4.05. The number of carbonyl (C=O) groups is 1. The summed E-state index contributed by atoms with van der Waals surface area (Å²) in [4.78, 5) is 19.7. The van der Waals surface area contributed by atoms with Gasteiger partial charge in [0.2, 0.25) is 5.91 Å². The van der Waals surface area contributed by atoms with Crippen LogP contribution in [0.15, 0.2) is 72.0 Å². The van der Waals surface area contributed by atoms with E-state index in [0.717, 1.165) is 22.0 Å². The third kappa shape index (κ3) is 4.26. The minimum atomic E-state index is -0.00554. The number of aromatic amines is 1. The summed E-state index contributed by atoms with van der Waals surface area (Å²) in [5.74, 6) is 0.327. The lowest BCUT2D eigenvalue weighted by Gasteiger charge is -2.13. The number of hydrogen-bond donors (Lipinski definition) is 2. The van der Waals surface area contributed by atoms with Crippen LogP contribution in [-0.2, 0) is 4.79 Å². The second kappa shape index (κ2) is 7.84. The number of aromatic nitrogens is 2. The Morgan fingerprint density at radius 1 is 1.12 bits per heavy atom. The van der Waals surface area contributed by atoms with E-state index in [-0.39, 0.29) is 11.9 Å². The number of benzene rings is 2. The number of amides is 1. The lowest BCUT2D eigenvalue weighted by atomic mass is 10.1. The highest BCUT2D eigenvalue weighted by Crippen LogP contribution is 2.21. The molecule has 0 unspecified atom stereocenters. The van der Waals surface area contributed by atoms with Crippen molar-refractivity contribution < 1.29 is 4.79 Å². The number of hydrogen-bond acceptors (Lipinski definition) is 3. The minimum absolute atomic E-state index is 0.00391. The third-order valence-corrected chi connectivity index (χ3v) is 4.54. The van der Waals surface area contributed by atoms with Crippen molar-refractivity contribution >= 4 is 17.7 Å². The first-order valence-electron chi connectivity index (χ1n) is 7.80. The highest BCUT2D eigenvalue weighted by molar-refractivity contribution is 7.99. The van der Waals surface area contributed by atoms with Crippen LogP contribution in [0.2, 0.25) is 0 Å². The van der Waals surface area contributed by atoms with E-state index < -0.39 is 0 Å². The fraction of sp³-hybridized carbons (Fsp3) is 0.158. The zero-order chi connectivity index (χ0) is 16.8. The Morgan fingerprint density at radius 3 is 2.50 bits per heavy atom. The standard InChI is InChI=1S/C19H19N3OS/c1-14(15-8-4-2-5-9-15)21-18(23)13-24-19-20-12-17(22-19)16-10-6-3-7-11-16/h2-12,14H,13H2,1H3,(H,20,22)(H,21,23)/t14-/m0/s1. The van der Waals surface area contributed by atoms with Crippen molar-refractivity contribution in [1.29, 1.82) is 0 Å². The quantitative estimate of drug-likeness (QED) is 0.667. The molecule has 4 nitrogen and oxygen atoms in total. The number of carbonyl (C=O) groups excluding carboxylic acids is 1. The highest BCUT2D eigenvalue weighted by Gasteiger charge is 2.11. The molecule has 3 rings (SSSR count). The monoisotopic (exact) mass is 337 g/mol. The largest absolute Gasteiger partial charge is 0.349 e. The van der Waals surface area contributed by atoms with Gasteiger partial charge in [-0.3, -0.25) is 4.79 Å². The maximum absolute atomic E-state index is 12.1. The van der Waals surface area contributed by atoms with Gasteiger partial charge in [-0.05, 0) is 18.1 Å². The van der Waals surface area contributed by atoms with Crippen LogP contribution in [0.5, 0.6) is 0 Å². The molecule has 0 spiro atoms.